The number of hydrogen-bond donors (Lipinski definition) is 1. The molecule has 0 atom stereocenters. The first-order valence-corrected chi connectivity index (χ1v) is 8.52. The van der Waals surface area contributed by atoms with Crippen molar-refractivity contribution in [3.63, 3.8) is 0 Å². The first kappa shape index (κ1) is 17.9. The summed E-state index contributed by atoms with van der Waals surface area (Å²) >= 11 is 6.24. The minimum absolute atomic E-state index is 0.228. The largest absolute Gasteiger partial charge is 0.328 e. The summed E-state index contributed by atoms with van der Waals surface area (Å²) < 4.78 is 0. The SMILES string of the molecule is Cc1cc(C)c(NC(=O)c2cnc(N(C)c3ccccc3)cn2)c(Cl)c1. The highest BCUT2D eigenvalue weighted by atomic mass is 35.5. The standard InChI is InChI=1S/C20H19ClN4O/c1-13-9-14(2)19(16(21)10-13)24-20(26)17-11-23-18(12-22-17)25(3)15-7-5-4-6-8-15/h4-12H,1-3H3,(H,24,26). The third-order valence-corrected chi connectivity index (χ3v) is 4.33. The number of nitrogens with one attached hydrogen (secondary N) is 1. The molecule has 1 heterocycles. The van der Waals surface area contributed by atoms with Gasteiger partial charge in [-0.25, -0.2) is 9.97 Å². The Labute approximate surface area is 157 Å². The van der Waals surface area contributed by atoms with Crippen LogP contribution < -0.4 is 10.2 Å². The molecule has 1 amide bonds. The molecule has 2 aromatic carbocycles. The number of carbonyl (C=O) groups is 1. The second-order valence-corrected chi connectivity index (χ2v) is 6.45. The summed E-state index contributed by atoms with van der Waals surface area (Å²) in [6.45, 7) is 3.86. The van der Waals surface area contributed by atoms with E-state index in [-0.39, 0.29) is 11.6 Å². The summed E-state index contributed by atoms with van der Waals surface area (Å²) in [4.78, 5) is 23.0. The third kappa shape index (κ3) is 3.83. The van der Waals surface area contributed by atoms with E-state index in [0.717, 1.165) is 16.8 Å². The Kier molecular flexibility index (Phi) is 5.19. The molecule has 0 fully saturated rings. The molecule has 0 spiro atoms. The van der Waals surface area contributed by atoms with Gasteiger partial charge in [0.05, 0.1) is 23.1 Å². The van der Waals surface area contributed by atoms with Crippen molar-refractivity contribution in [2.75, 3.05) is 17.3 Å². The van der Waals surface area contributed by atoms with Gasteiger partial charge in [-0.1, -0.05) is 35.9 Å². The average molecular weight is 367 g/mol. The maximum Gasteiger partial charge on any atom is 0.275 e. The normalized spacial score (nSPS) is 10.5. The Morgan fingerprint density at radius 1 is 1.08 bits per heavy atom. The fourth-order valence-electron chi connectivity index (χ4n) is 2.65. The molecule has 6 heteroatoms. The lowest BCUT2D eigenvalue weighted by atomic mass is 10.1. The van der Waals surface area contributed by atoms with Gasteiger partial charge in [-0.15, -0.1) is 0 Å². The van der Waals surface area contributed by atoms with Gasteiger partial charge < -0.3 is 10.2 Å². The summed E-state index contributed by atoms with van der Waals surface area (Å²) in [6, 6.07) is 13.6. The highest BCUT2D eigenvalue weighted by molar-refractivity contribution is 6.34. The fourth-order valence-corrected chi connectivity index (χ4v) is 3.02. The highest BCUT2D eigenvalue weighted by Gasteiger charge is 2.14. The van der Waals surface area contributed by atoms with Gasteiger partial charge in [0.1, 0.15) is 5.69 Å². The number of nitrogens with zero attached hydrogens (tertiary/aromatic N) is 3. The zero-order valence-corrected chi connectivity index (χ0v) is 15.6. The van der Waals surface area contributed by atoms with E-state index in [1.807, 2.05) is 68.3 Å². The zero-order valence-electron chi connectivity index (χ0n) is 14.8. The molecule has 26 heavy (non-hydrogen) atoms. The molecule has 3 aromatic rings. The molecule has 0 radical (unpaired) electrons. The Hall–Kier alpha value is -2.92. The molecule has 0 unspecified atom stereocenters. The topological polar surface area (TPSA) is 58.1 Å². The van der Waals surface area contributed by atoms with E-state index in [1.165, 1.54) is 6.20 Å². The number of para-hydroxylation sites is 1. The Bertz CT molecular complexity index is 903. The zero-order chi connectivity index (χ0) is 18.7. The number of rotatable bonds is 4. The molecular weight excluding hydrogens is 348 g/mol. The molecule has 3 rings (SSSR count). The number of amides is 1. The average Bonchev–Trinajstić information content (AvgIpc) is 2.64. The van der Waals surface area contributed by atoms with Gasteiger partial charge in [0.25, 0.3) is 5.91 Å². The molecule has 1 N–H and O–H groups in total. The van der Waals surface area contributed by atoms with Crippen molar-refractivity contribution in [3.8, 4) is 0 Å². The van der Waals surface area contributed by atoms with Crippen molar-refractivity contribution >= 4 is 34.7 Å². The predicted molar refractivity (Wildman–Crippen MR) is 105 cm³/mol. The molecule has 0 saturated carbocycles. The Morgan fingerprint density at radius 2 is 1.81 bits per heavy atom. The van der Waals surface area contributed by atoms with Crippen LogP contribution in [0.5, 0.6) is 0 Å². The van der Waals surface area contributed by atoms with Gasteiger partial charge in [0, 0.05) is 12.7 Å². The first-order chi connectivity index (χ1) is 12.5. The molecule has 132 valence electrons. The maximum atomic E-state index is 12.5. The van der Waals surface area contributed by atoms with Gasteiger partial charge in [0.2, 0.25) is 0 Å². The van der Waals surface area contributed by atoms with Crippen molar-refractivity contribution in [3.05, 3.63) is 76.7 Å². The van der Waals surface area contributed by atoms with Crippen LogP contribution in [-0.2, 0) is 0 Å². The maximum absolute atomic E-state index is 12.5. The lowest BCUT2D eigenvalue weighted by Gasteiger charge is -2.17. The number of hydrogen-bond acceptors (Lipinski definition) is 4. The number of carbonyl (C=O) groups excluding carboxylic acids is 1. The van der Waals surface area contributed by atoms with Crippen LogP contribution in [0, 0.1) is 13.8 Å². The lowest BCUT2D eigenvalue weighted by molar-refractivity contribution is 0.102. The van der Waals surface area contributed by atoms with Crippen LogP contribution in [0.1, 0.15) is 21.6 Å². The first-order valence-electron chi connectivity index (χ1n) is 8.14. The highest BCUT2D eigenvalue weighted by Crippen LogP contribution is 2.27. The van der Waals surface area contributed by atoms with E-state index in [9.17, 15) is 4.79 Å². The van der Waals surface area contributed by atoms with Gasteiger partial charge >= 0.3 is 0 Å². The van der Waals surface area contributed by atoms with Crippen molar-refractivity contribution in [2.24, 2.45) is 0 Å². The summed E-state index contributed by atoms with van der Waals surface area (Å²) in [6.07, 6.45) is 3.03. The van der Waals surface area contributed by atoms with E-state index in [2.05, 4.69) is 15.3 Å². The van der Waals surface area contributed by atoms with Crippen molar-refractivity contribution in [1.82, 2.24) is 9.97 Å². The van der Waals surface area contributed by atoms with Crippen LogP contribution in [-0.4, -0.2) is 22.9 Å². The summed E-state index contributed by atoms with van der Waals surface area (Å²) in [5.41, 5.74) is 3.75. The van der Waals surface area contributed by atoms with Crippen LogP contribution in [0.2, 0.25) is 5.02 Å². The quantitative estimate of drug-likeness (QED) is 0.722. The summed E-state index contributed by atoms with van der Waals surface area (Å²) in [7, 11) is 1.90. The van der Waals surface area contributed by atoms with Gasteiger partial charge in [-0.2, -0.15) is 0 Å². The van der Waals surface area contributed by atoms with Gasteiger partial charge in [0.15, 0.2) is 5.82 Å². The summed E-state index contributed by atoms with van der Waals surface area (Å²) in [5.74, 6) is 0.303. The minimum atomic E-state index is -0.347. The monoisotopic (exact) mass is 366 g/mol. The van der Waals surface area contributed by atoms with E-state index in [4.69, 9.17) is 11.6 Å². The van der Waals surface area contributed by atoms with Crippen molar-refractivity contribution in [2.45, 2.75) is 13.8 Å². The van der Waals surface area contributed by atoms with Gasteiger partial charge in [-0.3, -0.25) is 4.79 Å². The molecule has 5 nitrogen and oxygen atoms in total. The number of aromatic nitrogens is 2. The van der Waals surface area contributed by atoms with E-state index < -0.39 is 0 Å². The van der Waals surface area contributed by atoms with Crippen molar-refractivity contribution < 1.29 is 4.79 Å². The van der Waals surface area contributed by atoms with Crippen molar-refractivity contribution in [1.29, 1.82) is 0 Å². The summed E-state index contributed by atoms with van der Waals surface area (Å²) in [5, 5.41) is 3.32. The molecule has 0 aliphatic heterocycles. The Morgan fingerprint density at radius 3 is 2.42 bits per heavy atom. The Balaban J connectivity index is 1.77. The van der Waals surface area contributed by atoms with E-state index in [1.54, 1.807) is 6.20 Å². The molecular formula is C20H19ClN4O. The minimum Gasteiger partial charge on any atom is -0.328 e. The predicted octanol–water partition coefficient (Wildman–Crippen LogP) is 4.77. The van der Waals surface area contributed by atoms with Crippen LogP contribution in [0.4, 0.5) is 17.2 Å². The van der Waals surface area contributed by atoms with Crippen LogP contribution in [0.15, 0.2) is 54.9 Å². The fraction of sp³-hybridized carbons (Fsp3) is 0.150. The lowest BCUT2D eigenvalue weighted by Crippen LogP contribution is -2.17. The smallest absolute Gasteiger partial charge is 0.275 e. The van der Waals surface area contributed by atoms with Crippen LogP contribution in [0.3, 0.4) is 0 Å². The number of aryl methyl sites for hydroxylation is 2. The molecule has 0 saturated heterocycles. The molecule has 1 aromatic heterocycles. The second kappa shape index (κ2) is 7.54. The third-order valence-electron chi connectivity index (χ3n) is 4.03. The number of anilines is 3. The van der Waals surface area contributed by atoms with Crippen LogP contribution >= 0.6 is 11.6 Å². The van der Waals surface area contributed by atoms with E-state index >= 15 is 0 Å². The second-order valence-electron chi connectivity index (χ2n) is 6.05. The van der Waals surface area contributed by atoms with Gasteiger partial charge in [-0.05, 0) is 43.2 Å². The number of halogens is 1. The molecule has 0 bridgehead atoms. The molecule has 0 aliphatic rings. The van der Waals surface area contributed by atoms with Crippen LogP contribution in [0.25, 0.3) is 0 Å². The van der Waals surface area contributed by atoms with E-state index in [0.29, 0.717) is 16.5 Å². The molecule has 0 aliphatic carbocycles. The number of benzene rings is 2.